The molecule has 1 aliphatic heterocycles. The van der Waals surface area contributed by atoms with Crippen LogP contribution >= 0.6 is 15.9 Å². The Kier molecular flexibility index (Phi) is 3.97. The van der Waals surface area contributed by atoms with Crippen LogP contribution in [0.5, 0.6) is 0 Å². The van der Waals surface area contributed by atoms with E-state index in [0.29, 0.717) is 12.1 Å². The third-order valence-corrected chi connectivity index (χ3v) is 5.62. The lowest BCUT2D eigenvalue weighted by Crippen LogP contribution is -2.47. The van der Waals surface area contributed by atoms with Gasteiger partial charge in [-0.3, -0.25) is 4.90 Å². The van der Waals surface area contributed by atoms with Gasteiger partial charge in [-0.2, -0.15) is 0 Å². The van der Waals surface area contributed by atoms with E-state index in [9.17, 15) is 0 Å². The molecule has 1 heterocycles. The summed E-state index contributed by atoms with van der Waals surface area (Å²) in [5.41, 5.74) is 9.07. The molecular weight excluding hydrogens is 300 g/mol. The van der Waals surface area contributed by atoms with E-state index in [2.05, 4.69) is 46.0 Å². The highest BCUT2D eigenvalue weighted by atomic mass is 79.9. The Bertz CT molecular complexity index is 460. The number of fused-ring (bicyclic) bond motifs is 1. The second-order valence-corrected chi connectivity index (χ2v) is 6.97. The number of likely N-dealkylation sites (tertiary alicyclic amines) is 1. The lowest BCUT2D eigenvalue weighted by molar-refractivity contribution is 0.0759. The van der Waals surface area contributed by atoms with E-state index in [0.717, 1.165) is 12.5 Å². The van der Waals surface area contributed by atoms with Gasteiger partial charge in [-0.15, -0.1) is 0 Å². The van der Waals surface area contributed by atoms with Gasteiger partial charge >= 0.3 is 0 Å². The molecule has 0 aromatic heterocycles. The SMILES string of the molecule is CC1CCN(C2CCc3c(Br)cccc32)C(CN)C1. The Morgan fingerprint density at radius 3 is 3.00 bits per heavy atom. The summed E-state index contributed by atoms with van der Waals surface area (Å²) in [6.07, 6.45) is 5.03. The molecule has 1 aliphatic carbocycles. The van der Waals surface area contributed by atoms with E-state index in [-0.39, 0.29) is 0 Å². The molecule has 3 unspecified atom stereocenters. The Labute approximate surface area is 124 Å². The number of hydrogen-bond donors (Lipinski definition) is 1. The highest BCUT2D eigenvalue weighted by Crippen LogP contribution is 2.41. The number of piperidine rings is 1. The minimum atomic E-state index is 0.568. The van der Waals surface area contributed by atoms with Crippen LogP contribution in [0.1, 0.15) is 43.4 Å². The van der Waals surface area contributed by atoms with Crippen LogP contribution in [0.3, 0.4) is 0 Å². The van der Waals surface area contributed by atoms with Crippen LogP contribution in [0, 0.1) is 5.92 Å². The summed E-state index contributed by atoms with van der Waals surface area (Å²) in [5, 5.41) is 0. The minimum absolute atomic E-state index is 0.568. The standard InChI is InChI=1S/C16H23BrN2/c1-11-7-8-19(12(9-11)10-18)16-6-5-13-14(16)3-2-4-15(13)17/h2-4,11-12,16H,5-10,18H2,1H3. The molecule has 2 N–H and O–H groups in total. The van der Waals surface area contributed by atoms with Crippen LogP contribution in [-0.4, -0.2) is 24.0 Å². The van der Waals surface area contributed by atoms with Gasteiger partial charge in [-0.05, 0) is 55.3 Å². The van der Waals surface area contributed by atoms with Crippen molar-refractivity contribution in [2.24, 2.45) is 11.7 Å². The highest BCUT2D eigenvalue weighted by molar-refractivity contribution is 9.10. The van der Waals surface area contributed by atoms with Crippen molar-refractivity contribution >= 4 is 15.9 Å². The van der Waals surface area contributed by atoms with E-state index < -0.39 is 0 Å². The molecule has 1 aromatic rings. The first-order valence-electron chi connectivity index (χ1n) is 7.43. The molecule has 3 atom stereocenters. The fraction of sp³-hybridized carbons (Fsp3) is 0.625. The predicted octanol–water partition coefficient (Wildman–Crippen LogP) is 3.50. The average molecular weight is 323 g/mol. The van der Waals surface area contributed by atoms with Gasteiger partial charge in [0.25, 0.3) is 0 Å². The first-order chi connectivity index (χ1) is 9.20. The van der Waals surface area contributed by atoms with Crippen molar-refractivity contribution in [2.45, 2.75) is 44.7 Å². The van der Waals surface area contributed by atoms with E-state index >= 15 is 0 Å². The van der Waals surface area contributed by atoms with Crippen molar-refractivity contribution in [3.8, 4) is 0 Å². The molecule has 2 nitrogen and oxygen atoms in total. The third-order valence-electron chi connectivity index (χ3n) is 4.88. The van der Waals surface area contributed by atoms with E-state index in [1.807, 2.05) is 0 Å². The molecule has 1 saturated heterocycles. The largest absolute Gasteiger partial charge is 0.329 e. The summed E-state index contributed by atoms with van der Waals surface area (Å²) >= 11 is 3.70. The fourth-order valence-electron chi connectivity index (χ4n) is 3.84. The van der Waals surface area contributed by atoms with Gasteiger partial charge in [0, 0.05) is 23.1 Å². The van der Waals surface area contributed by atoms with Gasteiger partial charge in [-0.25, -0.2) is 0 Å². The van der Waals surface area contributed by atoms with Crippen molar-refractivity contribution in [1.82, 2.24) is 4.90 Å². The number of hydrogen-bond acceptors (Lipinski definition) is 2. The van der Waals surface area contributed by atoms with Crippen LogP contribution in [-0.2, 0) is 6.42 Å². The molecule has 0 spiro atoms. The van der Waals surface area contributed by atoms with Crippen molar-refractivity contribution in [2.75, 3.05) is 13.1 Å². The van der Waals surface area contributed by atoms with E-state index in [1.54, 1.807) is 0 Å². The molecule has 0 saturated carbocycles. The summed E-state index contributed by atoms with van der Waals surface area (Å²) in [4.78, 5) is 2.68. The molecular formula is C16H23BrN2. The topological polar surface area (TPSA) is 29.3 Å². The third kappa shape index (κ3) is 2.48. The van der Waals surface area contributed by atoms with Crippen molar-refractivity contribution in [3.05, 3.63) is 33.8 Å². The summed E-state index contributed by atoms with van der Waals surface area (Å²) in [6.45, 7) is 4.36. The van der Waals surface area contributed by atoms with Gasteiger partial charge in [0.15, 0.2) is 0 Å². The summed E-state index contributed by atoms with van der Waals surface area (Å²) in [6, 6.07) is 7.81. The zero-order valence-electron chi connectivity index (χ0n) is 11.6. The van der Waals surface area contributed by atoms with Gasteiger partial charge in [0.2, 0.25) is 0 Å². The predicted molar refractivity (Wildman–Crippen MR) is 83.2 cm³/mol. The second-order valence-electron chi connectivity index (χ2n) is 6.12. The minimum Gasteiger partial charge on any atom is -0.329 e. The van der Waals surface area contributed by atoms with Crippen LogP contribution in [0.15, 0.2) is 22.7 Å². The van der Waals surface area contributed by atoms with E-state index in [4.69, 9.17) is 5.73 Å². The normalized spacial score (nSPS) is 31.4. The molecule has 104 valence electrons. The second kappa shape index (κ2) is 5.55. The average Bonchev–Trinajstić information content (AvgIpc) is 2.84. The van der Waals surface area contributed by atoms with Crippen molar-refractivity contribution < 1.29 is 0 Å². The van der Waals surface area contributed by atoms with Crippen molar-refractivity contribution in [3.63, 3.8) is 0 Å². The first-order valence-corrected chi connectivity index (χ1v) is 8.23. The Morgan fingerprint density at radius 1 is 1.37 bits per heavy atom. The molecule has 3 heteroatoms. The molecule has 0 amide bonds. The number of benzene rings is 1. The fourth-order valence-corrected chi connectivity index (χ4v) is 4.42. The van der Waals surface area contributed by atoms with Crippen LogP contribution in [0.25, 0.3) is 0 Å². The zero-order valence-corrected chi connectivity index (χ0v) is 13.2. The Balaban J connectivity index is 1.86. The van der Waals surface area contributed by atoms with Gasteiger partial charge in [-0.1, -0.05) is 35.0 Å². The van der Waals surface area contributed by atoms with Crippen LogP contribution < -0.4 is 5.73 Å². The van der Waals surface area contributed by atoms with Crippen molar-refractivity contribution in [1.29, 1.82) is 0 Å². The molecule has 19 heavy (non-hydrogen) atoms. The Morgan fingerprint density at radius 2 is 2.21 bits per heavy atom. The highest BCUT2D eigenvalue weighted by Gasteiger charge is 2.35. The summed E-state index contributed by atoms with van der Waals surface area (Å²) in [5.74, 6) is 0.827. The molecule has 1 aromatic carbocycles. The summed E-state index contributed by atoms with van der Waals surface area (Å²) < 4.78 is 1.28. The summed E-state index contributed by atoms with van der Waals surface area (Å²) in [7, 11) is 0. The number of halogens is 1. The molecule has 1 fully saturated rings. The maximum atomic E-state index is 6.02. The Hall–Kier alpha value is -0.380. The molecule has 3 rings (SSSR count). The maximum Gasteiger partial charge on any atom is 0.0357 e. The maximum absolute atomic E-state index is 6.02. The van der Waals surface area contributed by atoms with Crippen LogP contribution in [0.2, 0.25) is 0 Å². The quantitative estimate of drug-likeness (QED) is 0.903. The smallest absolute Gasteiger partial charge is 0.0357 e. The lowest BCUT2D eigenvalue weighted by atomic mass is 9.90. The monoisotopic (exact) mass is 322 g/mol. The first kappa shape index (κ1) is 13.6. The molecule has 0 radical (unpaired) electrons. The molecule has 2 aliphatic rings. The lowest BCUT2D eigenvalue weighted by Gasteiger charge is -2.42. The van der Waals surface area contributed by atoms with Gasteiger partial charge in [0.05, 0.1) is 0 Å². The van der Waals surface area contributed by atoms with Gasteiger partial charge in [0.1, 0.15) is 0 Å². The zero-order chi connectivity index (χ0) is 13.4. The number of nitrogens with two attached hydrogens (primary N) is 1. The van der Waals surface area contributed by atoms with E-state index in [1.165, 1.54) is 47.8 Å². The number of nitrogens with zero attached hydrogens (tertiary/aromatic N) is 1. The molecule has 0 bridgehead atoms. The number of rotatable bonds is 2. The van der Waals surface area contributed by atoms with Gasteiger partial charge < -0.3 is 5.73 Å². The van der Waals surface area contributed by atoms with Crippen LogP contribution in [0.4, 0.5) is 0 Å².